The molecular weight excluding hydrogens is 234 g/mol. The summed E-state index contributed by atoms with van der Waals surface area (Å²) in [7, 11) is 3.12. The number of aromatic nitrogens is 2. The lowest BCUT2D eigenvalue weighted by Gasteiger charge is -2.09. The fraction of sp³-hybridized carbons (Fsp3) is 0.167. The molecular formula is C12H13N3O3. The highest BCUT2D eigenvalue weighted by Gasteiger charge is 2.10. The van der Waals surface area contributed by atoms with Crippen LogP contribution in [0.25, 0.3) is 11.3 Å². The van der Waals surface area contributed by atoms with Crippen molar-refractivity contribution in [1.29, 1.82) is 0 Å². The molecule has 1 aromatic carbocycles. The van der Waals surface area contributed by atoms with E-state index < -0.39 is 5.56 Å². The van der Waals surface area contributed by atoms with Crippen molar-refractivity contribution in [3.05, 3.63) is 34.6 Å². The molecule has 0 radical (unpaired) electrons. The molecule has 1 aromatic heterocycles. The van der Waals surface area contributed by atoms with E-state index in [9.17, 15) is 4.79 Å². The monoisotopic (exact) mass is 247 g/mol. The van der Waals surface area contributed by atoms with Crippen molar-refractivity contribution in [3.8, 4) is 22.8 Å². The first-order chi connectivity index (χ1) is 8.65. The summed E-state index contributed by atoms with van der Waals surface area (Å²) < 4.78 is 10.4. The number of anilines is 1. The van der Waals surface area contributed by atoms with Crippen LogP contribution >= 0.6 is 0 Å². The fourth-order valence-electron chi connectivity index (χ4n) is 1.57. The first-order valence-electron chi connectivity index (χ1n) is 5.23. The van der Waals surface area contributed by atoms with E-state index in [0.717, 1.165) is 5.56 Å². The van der Waals surface area contributed by atoms with Gasteiger partial charge in [0.05, 0.1) is 19.9 Å². The van der Waals surface area contributed by atoms with Crippen LogP contribution in [0, 0.1) is 0 Å². The van der Waals surface area contributed by atoms with Crippen LogP contribution in [-0.2, 0) is 0 Å². The quantitative estimate of drug-likeness (QED) is 0.845. The van der Waals surface area contributed by atoms with Gasteiger partial charge in [-0.15, -0.1) is 0 Å². The largest absolute Gasteiger partial charge is 0.497 e. The molecule has 0 spiro atoms. The summed E-state index contributed by atoms with van der Waals surface area (Å²) in [5.41, 5.74) is 6.51. The summed E-state index contributed by atoms with van der Waals surface area (Å²) in [5.74, 6) is 1.27. The van der Waals surface area contributed by atoms with Crippen LogP contribution in [0.5, 0.6) is 11.5 Å². The van der Waals surface area contributed by atoms with Crippen molar-refractivity contribution in [2.75, 3.05) is 20.0 Å². The summed E-state index contributed by atoms with van der Waals surface area (Å²) in [5, 5.41) is 6.26. The molecule has 94 valence electrons. The number of rotatable bonds is 3. The number of nitrogens with zero attached hydrogens (tertiary/aromatic N) is 1. The minimum Gasteiger partial charge on any atom is -0.497 e. The second-order valence-electron chi connectivity index (χ2n) is 3.60. The van der Waals surface area contributed by atoms with Crippen molar-refractivity contribution < 1.29 is 9.47 Å². The van der Waals surface area contributed by atoms with Gasteiger partial charge in [0.25, 0.3) is 5.56 Å². The number of methoxy groups -OCH3 is 2. The predicted molar refractivity (Wildman–Crippen MR) is 67.8 cm³/mol. The summed E-state index contributed by atoms with van der Waals surface area (Å²) in [6.07, 6.45) is 0. The number of nitrogens with one attached hydrogen (secondary N) is 1. The van der Waals surface area contributed by atoms with Crippen LogP contribution in [0.1, 0.15) is 0 Å². The van der Waals surface area contributed by atoms with Gasteiger partial charge < -0.3 is 15.2 Å². The van der Waals surface area contributed by atoms with Crippen molar-refractivity contribution in [1.82, 2.24) is 10.2 Å². The maximum atomic E-state index is 11.2. The van der Waals surface area contributed by atoms with Gasteiger partial charge in [0.2, 0.25) is 0 Å². The molecule has 0 amide bonds. The Morgan fingerprint density at radius 1 is 1.22 bits per heavy atom. The maximum Gasteiger partial charge on any atom is 0.287 e. The molecule has 6 heteroatoms. The normalized spacial score (nSPS) is 10.1. The molecule has 0 saturated heterocycles. The average molecular weight is 247 g/mol. The van der Waals surface area contributed by atoms with Crippen LogP contribution in [0.3, 0.4) is 0 Å². The van der Waals surface area contributed by atoms with E-state index in [0.29, 0.717) is 17.2 Å². The lowest BCUT2D eigenvalue weighted by molar-refractivity contribution is 0.395. The zero-order chi connectivity index (χ0) is 13.1. The maximum absolute atomic E-state index is 11.2. The second-order valence-corrected chi connectivity index (χ2v) is 3.60. The minimum absolute atomic E-state index is 0.109. The molecule has 0 unspecified atom stereocenters. The average Bonchev–Trinajstić information content (AvgIpc) is 2.41. The lowest BCUT2D eigenvalue weighted by atomic mass is 10.1. The van der Waals surface area contributed by atoms with Crippen LogP contribution in [-0.4, -0.2) is 24.4 Å². The molecule has 3 N–H and O–H groups in total. The number of aromatic amines is 1. The third kappa shape index (κ3) is 2.13. The highest BCUT2D eigenvalue weighted by molar-refractivity contribution is 5.70. The van der Waals surface area contributed by atoms with Gasteiger partial charge in [-0.05, 0) is 18.2 Å². The SMILES string of the molecule is COc1ccc(-c2cc(N)c(=O)[nH]n2)c(OC)c1. The summed E-state index contributed by atoms with van der Waals surface area (Å²) in [6.45, 7) is 0. The number of nitrogen functional groups attached to an aromatic ring is 1. The molecule has 0 aliphatic carbocycles. The Hall–Kier alpha value is -2.50. The zero-order valence-electron chi connectivity index (χ0n) is 10.1. The third-order valence-corrected chi connectivity index (χ3v) is 2.52. The van der Waals surface area contributed by atoms with E-state index in [1.807, 2.05) is 0 Å². The van der Waals surface area contributed by atoms with Crippen molar-refractivity contribution in [2.45, 2.75) is 0 Å². The highest BCUT2D eigenvalue weighted by atomic mass is 16.5. The highest BCUT2D eigenvalue weighted by Crippen LogP contribution is 2.31. The second kappa shape index (κ2) is 4.79. The Labute approximate surface area is 103 Å². The zero-order valence-corrected chi connectivity index (χ0v) is 10.1. The molecule has 0 aliphatic rings. The molecule has 2 aromatic rings. The molecule has 0 bridgehead atoms. The van der Waals surface area contributed by atoms with Crippen molar-refractivity contribution in [3.63, 3.8) is 0 Å². The number of benzene rings is 1. The Balaban J connectivity index is 2.55. The molecule has 18 heavy (non-hydrogen) atoms. The van der Waals surface area contributed by atoms with Crippen LogP contribution < -0.4 is 20.8 Å². The molecule has 0 aliphatic heterocycles. The Morgan fingerprint density at radius 2 is 2.00 bits per heavy atom. The Morgan fingerprint density at radius 3 is 2.61 bits per heavy atom. The standard InChI is InChI=1S/C12H13N3O3/c1-17-7-3-4-8(11(5-7)18-2)10-6-9(13)12(16)15-14-10/h3-6H,1-2H3,(H2,13,14)(H,15,16). The van der Waals surface area contributed by atoms with E-state index in [4.69, 9.17) is 15.2 Å². The lowest BCUT2D eigenvalue weighted by Crippen LogP contribution is -2.13. The molecule has 0 saturated carbocycles. The van der Waals surface area contributed by atoms with Gasteiger partial charge in [-0.1, -0.05) is 0 Å². The number of nitrogens with two attached hydrogens (primary N) is 1. The molecule has 1 heterocycles. The molecule has 2 rings (SSSR count). The fourth-order valence-corrected chi connectivity index (χ4v) is 1.57. The van der Waals surface area contributed by atoms with Gasteiger partial charge in [0.15, 0.2) is 0 Å². The number of ether oxygens (including phenoxy) is 2. The van der Waals surface area contributed by atoms with E-state index in [2.05, 4.69) is 10.2 Å². The van der Waals surface area contributed by atoms with Crippen molar-refractivity contribution in [2.24, 2.45) is 0 Å². The molecule has 0 fully saturated rings. The van der Waals surface area contributed by atoms with E-state index >= 15 is 0 Å². The van der Waals surface area contributed by atoms with Gasteiger partial charge in [-0.3, -0.25) is 4.79 Å². The molecule has 6 nitrogen and oxygen atoms in total. The summed E-state index contributed by atoms with van der Waals surface area (Å²) in [4.78, 5) is 11.2. The van der Waals surface area contributed by atoms with Gasteiger partial charge >= 0.3 is 0 Å². The van der Waals surface area contributed by atoms with E-state index in [-0.39, 0.29) is 5.69 Å². The summed E-state index contributed by atoms with van der Waals surface area (Å²) in [6, 6.07) is 6.81. The van der Waals surface area contributed by atoms with Gasteiger partial charge in [-0.25, -0.2) is 5.10 Å². The topological polar surface area (TPSA) is 90.2 Å². The number of H-pyrrole nitrogens is 1. The van der Waals surface area contributed by atoms with Gasteiger partial charge in [0, 0.05) is 11.6 Å². The third-order valence-electron chi connectivity index (χ3n) is 2.52. The van der Waals surface area contributed by atoms with Gasteiger partial charge in [-0.2, -0.15) is 5.10 Å². The Kier molecular flexibility index (Phi) is 3.18. The minimum atomic E-state index is -0.411. The van der Waals surface area contributed by atoms with Crippen LogP contribution in [0.2, 0.25) is 0 Å². The first-order valence-corrected chi connectivity index (χ1v) is 5.23. The Bertz CT molecular complexity index is 622. The van der Waals surface area contributed by atoms with E-state index in [1.165, 1.54) is 6.07 Å². The first kappa shape index (κ1) is 12.0. The number of hydrogen-bond acceptors (Lipinski definition) is 5. The van der Waals surface area contributed by atoms with Crippen molar-refractivity contribution >= 4 is 5.69 Å². The molecule has 0 atom stereocenters. The summed E-state index contributed by atoms with van der Waals surface area (Å²) >= 11 is 0. The van der Waals surface area contributed by atoms with E-state index in [1.54, 1.807) is 32.4 Å². The van der Waals surface area contributed by atoms with Gasteiger partial charge in [0.1, 0.15) is 17.2 Å². The van der Waals surface area contributed by atoms with Crippen LogP contribution in [0.15, 0.2) is 29.1 Å². The van der Waals surface area contributed by atoms with Crippen LogP contribution in [0.4, 0.5) is 5.69 Å². The smallest absolute Gasteiger partial charge is 0.287 e. The number of hydrogen-bond donors (Lipinski definition) is 2. The predicted octanol–water partition coefficient (Wildman–Crippen LogP) is 1.04.